The van der Waals surface area contributed by atoms with Gasteiger partial charge in [-0.15, -0.1) is 0 Å². The Morgan fingerprint density at radius 2 is 1.56 bits per heavy atom. The van der Waals surface area contributed by atoms with Crippen LogP contribution in [0.1, 0.15) is 24.0 Å². The molecule has 0 amide bonds. The van der Waals surface area contributed by atoms with Gasteiger partial charge in [0.15, 0.2) is 11.5 Å². The molecule has 1 atom stereocenters. The lowest BCUT2D eigenvalue weighted by atomic mass is 9.92. The first-order valence-corrected chi connectivity index (χ1v) is 9.48. The van der Waals surface area contributed by atoms with Crippen LogP contribution >= 0.6 is 0 Å². The normalized spacial score (nSPS) is 13.0. The first kappa shape index (κ1) is 18.8. The van der Waals surface area contributed by atoms with Gasteiger partial charge in [0, 0.05) is 11.5 Å². The molecule has 27 heavy (non-hydrogen) atoms. The molecule has 0 radical (unpaired) electrons. The van der Waals surface area contributed by atoms with Crippen LogP contribution in [0, 0.1) is 0 Å². The highest BCUT2D eigenvalue weighted by atomic mass is 32.2. The van der Waals surface area contributed by atoms with Gasteiger partial charge in [0.1, 0.15) is 11.5 Å². The Morgan fingerprint density at radius 3 is 2.19 bits per heavy atom. The maximum atomic E-state index is 11.4. The summed E-state index contributed by atoms with van der Waals surface area (Å²) in [4.78, 5) is -0.444. The van der Waals surface area contributed by atoms with E-state index in [1.807, 2.05) is 6.92 Å². The average molecular weight is 390 g/mol. The van der Waals surface area contributed by atoms with Gasteiger partial charge in [-0.1, -0.05) is 13.0 Å². The summed E-state index contributed by atoms with van der Waals surface area (Å²) in [6.07, 6.45) is 0.350. The summed E-state index contributed by atoms with van der Waals surface area (Å²) in [7, 11) is -4.49. The fraction of sp³-hybridized carbons (Fsp3) is 0.158. The first-order chi connectivity index (χ1) is 12.6. The van der Waals surface area contributed by atoms with Crippen molar-refractivity contribution in [3.05, 3.63) is 53.6 Å². The molecule has 3 aromatic carbocycles. The van der Waals surface area contributed by atoms with Crippen molar-refractivity contribution < 1.29 is 33.4 Å². The minimum atomic E-state index is -4.49. The predicted molar refractivity (Wildman–Crippen MR) is 99.0 cm³/mol. The smallest absolute Gasteiger partial charge is 0.294 e. The van der Waals surface area contributed by atoms with Gasteiger partial charge in [0.2, 0.25) is 0 Å². The van der Waals surface area contributed by atoms with E-state index in [1.54, 1.807) is 6.07 Å². The van der Waals surface area contributed by atoms with E-state index >= 15 is 0 Å². The molecule has 7 nitrogen and oxygen atoms in total. The molecule has 0 aliphatic carbocycles. The van der Waals surface area contributed by atoms with Crippen molar-refractivity contribution in [1.29, 1.82) is 0 Å². The zero-order chi connectivity index (χ0) is 19.9. The molecular weight excluding hydrogens is 372 g/mol. The van der Waals surface area contributed by atoms with E-state index in [1.165, 1.54) is 30.3 Å². The van der Waals surface area contributed by atoms with Crippen LogP contribution in [0.25, 0.3) is 10.8 Å². The van der Waals surface area contributed by atoms with Crippen LogP contribution in [-0.4, -0.2) is 33.4 Å². The minimum absolute atomic E-state index is 0.0766. The van der Waals surface area contributed by atoms with Gasteiger partial charge in [-0.3, -0.25) is 4.55 Å². The summed E-state index contributed by atoms with van der Waals surface area (Å²) in [6.45, 7) is 1.86. The summed E-state index contributed by atoms with van der Waals surface area (Å²) in [5.41, 5.74) is 1.23. The Morgan fingerprint density at radius 1 is 0.852 bits per heavy atom. The van der Waals surface area contributed by atoms with Crippen molar-refractivity contribution in [2.75, 3.05) is 0 Å². The average Bonchev–Trinajstić information content (AvgIpc) is 2.57. The number of fused-ring (bicyclic) bond motifs is 1. The van der Waals surface area contributed by atoms with Gasteiger partial charge in [-0.25, -0.2) is 0 Å². The third-order valence-corrected chi connectivity index (χ3v) is 5.33. The molecule has 0 fully saturated rings. The zero-order valence-electron chi connectivity index (χ0n) is 14.3. The lowest BCUT2D eigenvalue weighted by Gasteiger charge is -2.15. The molecule has 0 saturated carbocycles. The van der Waals surface area contributed by atoms with E-state index in [4.69, 9.17) is 0 Å². The Balaban J connectivity index is 2.03. The SMILES string of the molecule is CC(Cc1cc2cc(S(=O)(=O)O)cc(O)c2cc1O)c1ccc(O)c(O)c1. The highest BCUT2D eigenvalue weighted by molar-refractivity contribution is 7.85. The Bertz CT molecular complexity index is 1140. The molecule has 8 heteroatoms. The maximum Gasteiger partial charge on any atom is 0.294 e. The van der Waals surface area contributed by atoms with E-state index in [-0.39, 0.29) is 34.3 Å². The van der Waals surface area contributed by atoms with Gasteiger partial charge < -0.3 is 20.4 Å². The van der Waals surface area contributed by atoms with Gasteiger partial charge >= 0.3 is 0 Å². The molecule has 0 heterocycles. The summed E-state index contributed by atoms with van der Waals surface area (Å²) in [5, 5.41) is 39.9. The van der Waals surface area contributed by atoms with Gasteiger partial charge in [0.05, 0.1) is 4.90 Å². The Kier molecular flexibility index (Phi) is 4.63. The highest BCUT2D eigenvalue weighted by Gasteiger charge is 2.17. The number of phenolic OH excluding ortho intramolecular Hbond substituents is 4. The molecular formula is C19H18O7S. The molecule has 0 spiro atoms. The molecule has 3 aromatic rings. The second-order valence-electron chi connectivity index (χ2n) is 6.47. The predicted octanol–water partition coefficient (Wildman–Crippen LogP) is 3.26. The van der Waals surface area contributed by atoms with Crippen molar-refractivity contribution in [3.63, 3.8) is 0 Å². The molecule has 0 aromatic heterocycles. The molecule has 5 N–H and O–H groups in total. The number of benzene rings is 3. The van der Waals surface area contributed by atoms with Gasteiger partial charge in [0.25, 0.3) is 10.1 Å². The molecule has 0 aliphatic rings. The topological polar surface area (TPSA) is 135 Å². The standard InChI is InChI=1S/C19H18O7S/c1-10(11-2-3-16(20)19(23)7-11)4-13-5-12-6-14(27(24,25)26)8-18(22)15(12)9-17(13)21/h2-3,5-10,20-23H,4H2,1H3,(H,24,25,26). The minimum Gasteiger partial charge on any atom is -0.508 e. The van der Waals surface area contributed by atoms with Crippen molar-refractivity contribution in [3.8, 4) is 23.0 Å². The number of phenols is 4. The maximum absolute atomic E-state index is 11.4. The van der Waals surface area contributed by atoms with E-state index in [9.17, 15) is 33.4 Å². The molecule has 3 rings (SSSR count). The van der Waals surface area contributed by atoms with Crippen LogP contribution in [0.4, 0.5) is 0 Å². The summed E-state index contributed by atoms with van der Waals surface area (Å²) in [6, 6.07) is 9.45. The molecule has 0 saturated heterocycles. The zero-order valence-corrected chi connectivity index (χ0v) is 15.1. The molecule has 142 valence electrons. The highest BCUT2D eigenvalue weighted by Crippen LogP contribution is 2.36. The largest absolute Gasteiger partial charge is 0.508 e. The van der Waals surface area contributed by atoms with E-state index in [2.05, 4.69) is 0 Å². The Hall–Kier alpha value is -2.97. The van der Waals surface area contributed by atoms with Crippen molar-refractivity contribution in [2.24, 2.45) is 0 Å². The fourth-order valence-corrected chi connectivity index (χ4v) is 3.54. The lowest BCUT2D eigenvalue weighted by Crippen LogP contribution is -2.00. The third kappa shape index (κ3) is 3.76. The van der Waals surface area contributed by atoms with E-state index < -0.39 is 15.0 Å². The number of rotatable bonds is 4. The van der Waals surface area contributed by atoms with Crippen LogP contribution in [0.5, 0.6) is 23.0 Å². The van der Waals surface area contributed by atoms with E-state index in [0.29, 0.717) is 17.4 Å². The van der Waals surface area contributed by atoms with Crippen LogP contribution in [0.2, 0.25) is 0 Å². The van der Waals surface area contributed by atoms with Crippen LogP contribution in [0.15, 0.2) is 47.4 Å². The van der Waals surface area contributed by atoms with Crippen LogP contribution in [0.3, 0.4) is 0 Å². The second kappa shape index (κ2) is 6.64. The fourth-order valence-electron chi connectivity index (χ4n) is 3.01. The van der Waals surface area contributed by atoms with Crippen LogP contribution < -0.4 is 0 Å². The monoisotopic (exact) mass is 390 g/mol. The number of aromatic hydroxyl groups is 4. The molecule has 0 bridgehead atoms. The van der Waals surface area contributed by atoms with Crippen molar-refractivity contribution in [1.82, 2.24) is 0 Å². The van der Waals surface area contributed by atoms with Crippen molar-refractivity contribution in [2.45, 2.75) is 24.2 Å². The van der Waals surface area contributed by atoms with Crippen LogP contribution in [-0.2, 0) is 16.5 Å². The van der Waals surface area contributed by atoms with Gasteiger partial charge in [-0.2, -0.15) is 8.42 Å². The quantitative estimate of drug-likeness (QED) is 0.341. The Labute approximate surface area is 155 Å². The lowest BCUT2D eigenvalue weighted by molar-refractivity contribution is 0.402. The number of hydrogen-bond donors (Lipinski definition) is 5. The molecule has 0 aliphatic heterocycles. The second-order valence-corrected chi connectivity index (χ2v) is 7.89. The number of hydrogen-bond acceptors (Lipinski definition) is 6. The van der Waals surface area contributed by atoms with Crippen molar-refractivity contribution >= 4 is 20.9 Å². The van der Waals surface area contributed by atoms with Gasteiger partial charge in [-0.05, 0) is 59.2 Å². The summed E-state index contributed by atoms with van der Waals surface area (Å²) >= 11 is 0. The third-order valence-electron chi connectivity index (χ3n) is 4.50. The summed E-state index contributed by atoms with van der Waals surface area (Å²) < 4.78 is 31.9. The first-order valence-electron chi connectivity index (χ1n) is 8.04. The van der Waals surface area contributed by atoms with E-state index in [0.717, 1.165) is 11.6 Å². The molecule has 1 unspecified atom stereocenters. The summed E-state index contributed by atoms with van der Waals surface area (Å²) in [5.74, 6) is -1.07.